The topological polar surface area (TPSA) is 82.3 Å². The summed E-state index contributed by atoms with van der Waals surface area (Å²) in [6.45, 7) is 4.82. The van der Waals surface area contributed by atoms with Gasteiger partial charge < -0.3 is 19.2 Å². The molecule has 0 radical (unpaired) electrons. The van der Waals surface area contributed by atoms with E-state index in [2.05, 4.69) is 20.5 Å². The lowest BCUT2D eigenvalue weighted by Gasteiger charge is -2.21. The van der Waals surface area contributed by atoms with Gasteiger partial charge in [-0.1, -0.05) is 5.10 Å². The van der Waals surface area contributed by atoms with E-state index in [1.54, 1.807) is 19.9 Å². The van der Waals surface area contributed by atoms with Crippen LogP contribution in [0.2, 0.25) is 0 Å². The molecule has 3 aromatic rings. The Balaban J connectivity index is 1.49. The normalized spacial score (nSPS) is 18.6. The Kier molecular flexibility index (Phi) is 4.67. The number of nitrogens with one attached hydrogen (secondary N) is 1. The molecular formula is C21H21F3N4O3. The molecule has 5 rings (SSSR count). The molecule has 1 aromatic carbocycles. The average Bonchev–Trinajstić information content (AvgIpc) is 3.30. The summed E-state index contributed by atoms with van der Waals surface area (Å²) in [4.78, 5) is 4.26. The van der Waals surface area contributed by atoms with Crippen LogP contribution in [-0.2, 0) is 15.7 Å². The predicted molar refractivity (Wildman–Crippen MR) is 106 cm³/mol. The van der Waals surface area contributed by atoms with Gasteiger partial charge >= 0.3 is 12.2 Å². The zero-order chi connectivity index (χ0) is 21.8. The smallest absolute Gasteiger partial charge is 0.402 e. The molecule has 0 amide bonds. The second kappa shape index (κ2) is 7.16. The van der Waals surface area contributed by atoms with Crippen LogP contribution in [0.25, 0.3) is 22.5 Å². The number of rotatable bonds is 5. The maximum Gasteiger partial charge on any atom is 0.418 e. The van der Waals surface area contributed by atoms with Crippen LogP contribution in [0.1, 0.15) is 42.4 Å². The Morgan fingerprint density at radius 1 is 1.13 bits per heavy atom. The molecule has 1 saturated carbocycles. The van der Waals surface area contributed by atoms with Crippen molar-refractivity contribution >= 4 is 16.9 Å². The second-order valence-electron chi connectivity index (χ2n) is 8.16. The molecule has 2 aromatic heterocycles. The molecule has 1 aliphatic heterocycles. The van der Waals surface area contributed by atoms with Crippen LogP contribution in [0.5, 0.6) is 0 Å². The lowest BCUT2D eigenvalue weighted by molar-refractivity contribution is -0.136. The van der Waals surface area contributed by atoms with Gasteiger partial charge in [-0.05, 0) is 61.9 Å². The van der Waals surface area contributed by atoms with Gasteiger partial charge in [0.15, 0.2) is 5.79 Å². The maximum absolute atomic E-state index is 13.8. The summed E-state index contributed by atoms with van der Waals surface area (Å²) >= 11 is 0. The van der Waals surface area contributed by atoms with E-state index in [1.807, 2.05) is 6.07 Å². The van der Waals surface area contributed by atoms with Crippen molar-refractivity contribution in [3.05, 3.63) is 34.9 Å². The number of anilines is 1. The van der Waals surface area contributed by atoms with E-state index in [9.17, 15) is 13.2 Å². The lowest BCUT2D eigenvalue weighted by atomic mass is 9.98. The zero-order valence-electron chi connectivity index (χ0n) is 17.0. The molecule has 2 fully saturated rings. The predicted octanol–water partition coefficient (Wildman–Crippen LogP) is 4.66. The minimum Gasteiger partial charge on any atom is -0.402 e. The van der Waals surface area contributed by atoms with Gasteiger partial charge in [-0.2, -0.15) is 13.2 Å². The zero-order valence-corrected chi connectivity index (χ0v) is 17.0. The van der Waals surface area contributed by atoms with E-state index in [0.717, 1.165) is 12.8 Å². The molecule has 2 aliphatic rings. The summed E-state index contributed by atoms with van der Waals surface area (Å²) in [6.07, 6.45) is -2.68. The molecule has 1 saturated heterocycles. The lowest BCUT2D eigenvalue weighted by Crippen LogP contribution is -2.34. The number of hydrogen-bond acceptors (Lipinski definition) is 7. The standard InChI is InChI=1S/C21H21F3N4O3/c1-11-7-16(18-27-28-19(31-18)25-10-20(2)29-5-6-30-20)26-17-14(11)8-13(12-3-4-12)9-15(17)21(22,23)24/h7-9,12H,3-6,10H2,1-2H3,(H,25,28). The first-order chi connectivity index (χ1) is 14.7. The molecular weight excluding hydrogens is 413 g/mol. The first-order valence-corrected chi connectivity index (χ1v) is 10.1. The van der Waals surface area contributed by atoms with Crippen molar-refractivity contribution in [3.8, 4) is 11.6 Å². The van der Waals surface area contributed by atoms with Crippen LogP contribution in [0, 0.1) is 6.92 Å². The number of fused-ring (bicyclic) bond motifs is 1. The van der Waals surface area contributed by atoms with E-state index >= 15 is 0 Å². The van der Waals surface area contributed by atoms with E-state index in [4.69, 9.17) is 13.9 Å². The number of aryl methyl sites for hydroxylation is 1. The molecule has 164 valence electrons. The van der Waals surface area contributed by atoms with Crippen molar-refractivity contribution in [1.29, 1.82) is 0 Å². The fourth-order valence-corrected chi connectivity index (χ4v) is 3.78. The van der Waals surface area contributed by atoms with Crippen molar-refractivity contribution in [2.75, 3.05) is 25.1 Å². The number of benzene rings is 1. The molecule has 10 heteroatoms. The second-order valence-corrected chi connectivity index (χ2v) is 8.16. The summed E-state index contributed by atoms with van der Waals surface area (Å²) < 4.78 is 58.0. The first-order valence-electron chi connectivity index (χ1n) is 10.1. The molecule has 0 spiro atoms. The van der Waals surface area contributed by atoms with Gasteiger partial charge in [0.05, 0.1) is 30.8 Å². The molecule has 7 nitrogen and oxygen atoms in total. The van der Waals surface area contributed by atoms with E-state index in [1.165, 1.54) is 6.07 Å². The molecule has 1 aliphatic carbocycles. The number of aromatic nitrogens is 3. The highest BCUT2D eigenvalue weighted by molar-refractivity contribution is 5.88. The number of hydrogen-bond donors (Lipinski definition) is 1. The van der Waals surface area contributed by atoms with Crippen LogP contribution in [0.3, 0.4) is 0 Å². The highest BCUT2D eigenvalue weighted by Crippen LogP contribution is 2.45. The summed E-state index contributed by atoms with van der Waals surface area (Å²) in [5, 5.41) is 11.3. The Labute approximate surface area is 176 Å². The van der Waals surface area contributed by atoms with Gasteiger partial charge in [-0.3, -0.25) is 0 Å². The Hall–Kier alpha value is -2.72. The SMILES string of the molecule is Cc1cc(-c2nnc(NCC3(C)OCCO3)o2)nc2c(C(F)(F)F)cc(C3CC3)cc12. The summed E-state index contributed by atoms with van der Waals surface area (Å²) in [5.41, 5.74) is 0.723. The quantitative estimate of drug-likeness (QED) is 0.625. The Bertz CT molecular complexity index is 1130. The summed E-state index contributed by atoms with van der Waals surface area (Å²) in [6, 6.07) is 4.81. The number of ether oxygens (including phenoxy) is 2. The van der Waals surface area contributed by atoms with Gasteiger partial charge in [-0.25, -0.2) is 4.98 Å². The van der Waals surface area contributed by atoms with E-state index < -0.39 is 17.5 Å². The maximum atomic E-state index is 13.8. The molecule has 3 heterocycles. The minimum absolute atomic E-state index is 0.0327. The third-order valence-corrected chi connectivity index (χ3v) is 5.60. The number of nitrogens with zero attached hydrogens (tertiary/aromatic N) is 3. The molecule has 0 unspecified atom stereocenters. The number of halogens is 3. The third kappa shape index (κ3) is 3.97. The van der Waals surface area contributed by atoms with Crippen LogP contribution in [0.4, 0.5) is 19.2 Å². The fourth-order valence-electron chi connectivity index (χ4n) is 3.78. The first kappa shape index (κ1) is 20.2. The van der Waals surface area contributed by atoms with Crippen LogP contribution < -0.4 is 5.32 Å². The van der Waals surface area contributed by atoms with Crippen molar-refractivity contribution in [2.45, 2.75) is 44.6 Å². The third-order valence-electron chi connectivity index (χ3n) is 5.60. The van der Waals surface area contributed by atoms with Crippen molar-refractivity contribution in [3.63, 3.8) is 0 Å². The van der Waals surface area contributed by atoms with Gasteiger partial charge in [0.1, 0.15) is 5.69 Å². The van der Waals surface area contributed by atoms with Gasteiger partial charge in [0, 0.05) is 5.39 Å². The Morgan fingerprint density at radius 2 is 1.87 bits per heavy atom. The van der Waals surface area contributed by atoms with Gasteiger partial charge in [0.2, 0.25) is 0 Å². The summed E-state index contributed by atoms with van der Waals surface area (Å²) in [7, 11) is 0. The van der Waals surface area contributed by atoms with Crippen molar-refractivity contribution < 1.29 is 27.1 Å². The van der Waals surface area contributed by atoms with E-state index in [0.29, 0.717) is 29.7 Å². The molecule has 0 atom stereocenters. The van der Waals surface area contributed by atoms with Crippen molar-refractivity contribution in [1.82, 2.24) is 15.2 Å². The molecule has 1 N–H and O–H groups in total. The van der Waals surface area contributed by atoms with Gasteiger partial charge in [-0.15, -0.1) is 5.10 Å². The average molecular weight is 434 g/mol. The minimum atomic E-state index is -4.51. The number of alkyl halides is 3. The van der Waals surface area contributed by atoms with Crippen LogP contribution in [0.15, 0.2) is 22.6 Å². The van der Waals surface area contributed by atoms with Crippen LogP contribution >= 0.6 is 0 Å². The summed E-state index contributed by atoms with van der Waals surface area (Å²) in [5.74, 6) is -0.568. The fraction of sp³-hybridized carbons (Fsp3) is 0.476. The van der Waals surface area contributed by atoms with Gasteiger partial charge in [0.25, 0.3) is 5.89 Å². The highest BCUT2D eigenvalue weighted by atomic mass is 19.4. The molecule has 31 heavy (non-hydrogen) atoms. The van der Waals surface area contributed by atoms with Crippen LogP contribution in [-0.4, -0.2) is 40.7 Å². The largest absolute Gasteiger partial charge is 0.418 e. The highest BCUT2D eigenvalue weighted by Gasteiger charge is 2.36. The monoisotopic (exact) mass is 434 g/mol. The van der Waals surface area contributed by atoms with Crippen molar-refractivity contribution in [2.24, 2.45) is 0 Å². The molecule has 0 bridgehead atoms. The number of pyridine rings is 1. The Morgan fingerprint density at radius 3 is 2.55 bits per heavy atom. The van der Waals surface area contributed by atoms with E-state index in [-0.39, 0.29) is 35.6 Å².